The summed E-state index contributed by atoms with van der Waals surface area (Å²) in [7, 11) is 0. The van der Waals surface area contributed by atoms with Gasteiger partial charge in [-0.1, -0.05) is 35.9 Å². The molecule has 1 saturated heterocycles. The van der Waals surface area contributed by atoms with Gasteiger partial charge >= 0.3 is 0 Å². The van der Waals surface area contributed by atoms with Crippen molar-refractivity contribution in [2.24, 2.45) is 0 Å². The number of hydrogen-bond donors (Lipinski definition) is 0. The molecule has 1 aliphatic heterocycles. The number of carbonyl (C=O) groups is 2. The van der Waals surface area contributed by atoms with E-state index in [-0.39, 0.29) is 36.2 Å². The summed E-state index contributed by atoms with van der Waals surface area (Å²) >= 11 is 6.01. The molecule has 4 nitrogen and oxygen atoms in total. The number of ketones is 1. The van der Waals surface area contributed by atoms with E-state index in [0.717, 1.165) is 5.56 Å². The lowest BCUT2D eigenvalue weighted by Gasteiger charge is -2.33. The third-order valence-corrected chi connectivity index (χ3v) is 4.61. The van der Waals surface area contributed by atoms with Crippen molar-refractivity contribution in [2.75, 3.05) is 19.7 Å². The van der Waals surface area contributed by atoms with Crippen LogP contribution < -0.4 is 0 Å². The molecule has 1 amide bonds. The van der Waals surface area contributed by atoms with Gasteiger partial charge in [-0.05, 0) is 29.8 Å². The van der Waals surface area contributed by atoms with Crippen LogP contribution in [0.2, 0.25) is 5.02 Å². The summed E-state index contributed by atoms with van der Waals surface area (Å²) in [4.78, 5) is 26.3. The van der Waals surface area contributed by atoms with E-state index in [1.165, 1.54) is 18.2 Å². The van der Waals surface area contributed by atoms with Crippen LogP contribution in [-0.2, 0) is 9.53 Å². The summed E-state index contributed by atoms with van der Waals surface area (Å²) in [6, 6.07) is 13.2. The minimum atomic E-state index is -0.558. The Labute approximate surface area is 156 Å². The Kier molecular flexibility index (Phi) is 6.01. The predicted molar refractivity (Wildman–Crippen MR) is 96.7 cm³/mol. The average Bonchev–Trinajstić information content (AvgIpc) is 2.66. The lowest BCUT2D eigenvalue weighted by Crippen LogP contribution is -2.42. The third kappa shape index (κ3) is 4.48. The highest BCUT2D eigenvalue weighted by Gasteiger charge is 2.26. The standard InChI is InChI=1S/C20H19ClFNO3/c21-15-5-3-4-14(12-15)19-13-23(10-11-26-19)20(25)9-8-18(24)16-6-1-2-7-17(16)22/h1-7,12,19H,8-11,13H2. The van der Waals surface area contributed by atoms with Gasteiger partial charge in [0.05, 0.1) is 18.7 Å². The van der Waals surface area contributed by atoms with Crippen molar-refractivity contribution in [3.8, 4) is 0 Å². The monoisotopic (exact) mass is 375 g/mol. The fourth-order valence-corrected chi connectivity index (χ4v) is 3.18. The van der Waals surface area contributed by atoms with Crippen LogP contribution in [-0.4, -0.2) is 36.3 Å². The second-order valence-electron chi connectivity index (χ2n) is 6.16. The molecule has 6 heteroatoms. The SMILES string of the molecule is O=C(CCC(=O)N1CCOC(c2cccc(Cl)c2)C1)c1ccccc1F. The number of halogens is 2. The molecular formula is C20H19ClFNO3. The van der Waals surface area contributed by atoms with E-state index in [1.54, 1.807) is 17.0 Å². The highest BCUT2D eigenvalue weighted by molar-refractivity contribution is 6.30. The lowest BCUT2D eigenvalue weighted by atomic mass is 10.0. The first-order chi connectivity index (χ1) is 12.5. The Morgan fingerprint density at radius 3 is 2.73 bits per heavy atom. The predicted octanol–water partition coefficient (Wildman–Crippen LogP) is 4.04. The Morgan fingerprint density at radius 2 is 1.96 bits per heavy atom. The number of benzene rings is 2. The van der Waals surface area contributed by atoms with E-state index in [0.29, 0.717) is 24.7 Å². The number of Topliss-reactive ketones (excluding diaryl/α,β-unsaturated/α-hetero) is 1. The highest BCUT2D eigenvalue weighted by Crippen LogP contribution is 2.25. The summed E-state index contributed by atoms with van der Waals surface area (Å²) in [5.41, 5.74) is 0.941. The van der Waals surface area contributed by atoms with Gasteiger partial charge in [-0.15, -0.1) is 0 Å². The van der Waals surface area contributed by atoms with E-state index in [1.807, 2.05) is 18.2 Å². The molecule has 26 heavy (non-hydrogen) atoms. The molecule has 0 radical (unpaired) electrons. The van der Waals surface area contributed by atoms with E-state index in [9.17, 15) is 14.0 Å². The topological polar surface area (TPSA) is 46.6 Å². The van der Waals surface area contributed by atoms with Crippen LogP contribution in [0.3, 0.4) is 0 Å². The molecule has 2 aromatic carbocycles. The van der Waals surface area contributed by atoms with E-state index < -0.39 is 5.82 Å². The van der Waals surface area contributed by atoms with Crippen LogP contribution in [0.1, 0.15) is 34.9 Å². The number of nitrogens with zero attached hydrogens (tertiary/aromatic N) is 1. The number of carbonyl (C=O) groups excluding carboxylic acids is 2. The first kappa shape index (κ1) is 18.5. The van der Waals surface area contributed by atoms with Gasteiger partial charge in [0.25, 0.3) is 0 Å². The van der Waals surface area contributed by atoms with Crippen LogP contribution in [0, 0.1) is 5.82 Å². The second kappa shape index (κ2) is 8.43. The smallest absolute Gasteiger partial charge is 0.223 e. The first-order valence-corrected chi connectivity index (χ1v) is 8.85. The van der Waals surface area contributed by atoms with Crippen molar-refractivity contribution >= 4 is 23.3 Å². The van der Waals surface area contributed by atoms with Crippen molar-refractivity contribution in [2.45, 2.75) is 18.9 Å². The molecule has 1 fully saturated rings. The highest BCUT2D eigenvalue weighted by atomic mass is 35.5. The molecule has 1 atom stereocenters. The molecule has 0 aliphatic carbocycles. The fraction of sp³-hybridized carbons (Fsp3) is 0.300. The molecule has 1 unspecified atom stereocenters. The Hall–Kier alpha value is -2.24. The zero-order valence-electron chi connectivity index (χ0n) is 14.2. The normalized spacial score (nSPS) is 17.2. The molecule has 0 aromatic heterocycles. The zero-order valence-corrected chi connectivity index (χ0v) is 14.9. The van der Waals surface area contributed by atoms with Gasteiger partial charge in [0.1, 0.15) is 11.9 Å². The van der Waals surface area contributed by atoms with E-state index in [4.69, 9.17) is 16.3 Å². The number of rotatable bonds is 5. The molecule has 2 aromatic rings. The quantitative estimate of drug-likeness (QED) is 0.741. The molecule has 0 spiro atoms. The summed E-state index contributed by atoms with van der Waals surface area (Å²) in [6.07, 6.45) is -0.206. The minimum Gasteiger partial charge on any atom is -0.370 e. The summed E-state index contributed by atoms with van der Waals surface area (Å²) in [5, 5.41) is 0.616. The zero-order chi connectivity index (χ0) is 18.5. The third-order valence-electron chi connectivity index (χ3n) is 4.38. The number of morpholine rings is 1. The maximum Gasteiger partial charge on any atom is 0.223 e. The van der Waals surface area contributed by atoms with Crippen molar-refractivity contribution in [3.05, 3.63) is 70.5 Å². The lowest BCUT2D eigenvalue weighted by molar-refractivity contribution is -0.139. The van der Waals surface area contributed by atoms with Gasteiger partial charge in [0, 0.05) is 24.4 Å². The molecule has 3 rings (SSSR count). The van der Waals surface area contributed by atoms with Crippen molar-refractivity contribution in [1.82, 2.24) is 4.90 Å². The average molecular weight is 376 g/mol. The van der Waals surface area contributed by atoms with Crippen LogP contribution >= 0.6 is 11.6 Å². The van der Waals surface area contributed by atoms with Crippen molar-refractivity contribution in [1.29, 1.82) is 0 Å². The summed E-state index contributed by atoms with van der Waals surface area (Å²) in [6.45, 7) is 1.31. The fourth-order valence-electron chi connectivity index (χ4n) is 2.98. The Balaban J connectivity index is 1.58. The minimum absolute atomic E-state index is 0.0149. The van der Waals surface area contributed by atoms with Gasteiger partial charge in [-0.25, -0.2) is 4.39 Å². The maximum absolute atomic E-state index is 13.6. The van der Waals surface area contributed by atoms with Gasteiger partial charge in [-0.3, -0.25) is 9.59 Å². The van der Waals surface area contributed by atoms with Crippen molar-refractivity contribution in [3.63, 3.8) is 0 Å². The molecule has 0 N–H and O–H groups in total. The van der Waals surface area contributed by atoms with Gasteiger partial charge in [-0.2, -0.15) is 0 Å². The number of amides is 1. The van der Waals surface area contributed by atoms with Crippen LogP contribution in [0.15, 0.2) is 48.5 Å². The van der Waals surface area contributed by atoms with Crippen LogP contribution in [0.4, 0.5) is 4.39 Å². The number of ether oxygens (including phenoxy) is 1. The maximum atomic E-state index is 13.6. The number of hydrogen-bond acceptors (Lipinski definition) is 3. The summed E-state index contributed by atoms with van der Waals surface area (Å²) < 4.78 is 19.4. The molecule has 1 heterocycles. The van der Waals surface area contributed by atoms with E-state index >= 15 is 0 Å². The van der Waals surface area contributed by atoms with Crippen molar-refractivity contribution < 1.29 is 18.7 Å². The van der Waals surface area contributed by atoms with E-state index in [2.05, 4.69) is 0 Å². The summed E-state index contributed by atoms with van der Waals surface area (Å²) in [5.74, 6) is -1.06. The van der Waals surface area contributed by atoms with Crippen LogP contribution in [0.5, 0.6) is 0 Å². The largest absolute Gasteiger partial charge is 0.370 e. The molecule has 0 saturated carbocycles. The Morgan fingerprint density at radius 1 is 1.15 bits per heavy atom. The Bertz CT molecular complexity index is 811. The molecule has 0 bridgehead atoms. The van der Waals surface area contributed by atoms with Gasteiger partial charge in [0.15, 0.2) is 5.78 Å². The first-order valence-electron chi connectivity index (χ1n) is 8.47. The van der Waals surface area contributed by atoms with Crippen LogP contribution in [0.25, 0.3) is 0 Å². The molecule has 1 aliphatic rings. The molecular weight excluding hydrogens is 357 g/mol. The van der Waals surface area contributed by atoms with Gasteiger partial charge in [0.2, 0.25) is 5.91 Å². The molecule has 136 valence electrons. The van der Waals surface area contributed by atoms with Gasteiger partial charge < -0.3 is 9.64 Å². The second-order valence-corrected chi connectivity index (χ2v) is 6.59.